The number of unbranched alkanes of at least 4 members (excludes halogenated alkanes) is 1. The molecule has 1 aromatic rings. The molecule has 13 heavy (non-hydrogen) atoms. The Labute approximate surface area is 76.3 Å². The summed E-state index contributed by atoms with van der Waals surface area (Å²) < 4.78 is 0. The van der Waals surface area contributed by atoms with Crippen molar-refractivity contribution < 1.29 is 4.79 Å². The van der Waals surface area contributed by atoms with Gasteiger partial charge in [-0.3, -0.25) is 4.79 Å². The smallest absolute Gasteiger partial charge is 0.295 e. The first kappa shape index (κ1) is 9.63. The molecule has 0 aromatic carbocycles. The van der Waals surface area contributed by atoms with Gasteiger partial charge in [0.15, 0.2) is 0 Å². The van der Waals surface area contributed by atoms with E-state index >= 15 is 0 Å². The second kappa shape index (κ2) is 4.54. The van der Waals surface area contributed by atoms with Gasteiger partial charge in [0, 0.05) is 13.6 Å². The van der Waals surface area contributed by atoms with E-state index < -0.39 is 0 Å². The third-order valence-corrected chi connectivity index (χ3v) is 1.73. The summed E-state index contributed by atoms with van der Waals surface area (Å²) in [7, 11) is 1.73. The standard InChI is InChI=1S/C7H13N5O/c1-3-4-5-12(2)7(13)6-8-10-11-9-6/h3-5H2,1-2H3,(H,8,9,10,11). The average Bonchev–Trinajstić information content (AvgIpc) is 2.65. The minimum absolute atomic E-state index is 0.124. The Bertz CT molecular complexity index is 258. The fraction of sp³-hybridized carbons (Fsp3) is 0.714. The number of nitrogens with one attached hydrogen (secondary N) is 1. The van der Waals surface area contributed by atoms with Gasteiger partial charge in [0.25, 0.3) is 11.7 Å². The zero-order chi connectivity index (χ0) is 9.68. The van der Waals surface area contributed by atoms with E-state index in [4.69, 9.17) is 0 Å². The zero-order valence-corrected chi connectivity index (χ0v) is 7.82. The number of aromatic nitrogens is 4. The van der Waals surface area contributed by atoms with E-state index in [1.54, 1.807) is 11.9 Å². The van der Waals surface area contributed by atoms with Crippen LogP contribution in [-0.2, 0) is 0 Å². The van der Waals surface area contributed by atoms with Gasteiger partial charge in [-0.25, -0.2) is 0 Å². The Morgan fingerprint density at radius 2 is 2.38 bits per heavy atom. The van der Waals surface area contributed by atoms with Crippen LogP contribution in [0.3, 0.4) is 0 Å². The van der Waals surface area contributed by atoms with Crippen LogP contribution in [0.15, 0.2) is 0 Å². The molecule has 0 saturated carbocycles. The summed E-state index contributed by atoms with van der Waals surface area (Å²) in [6.07, 6.45) is 2.05. The summed E-state index contributed by atoms with van der Waals surface area (Å²) in [5, 5.41) is 12.8. The van der Waals surface area contributed by atoms with Crippen molar-refractivity contribution >= 4 is 5.91 Å². The number of H-pyrrole nitrogens is 1. The van der Waals surface area contributed by atoms with E-state index in [-0.39, 0.29) is 11.7 Å². The Morgan fingerprint density at radius 3 is 2.92 bits per heavy atom. The Hall–Kier alpha value is -1.46. The minimum atomic E-state index is -0.192. The molecular weight excluding hydrogens is 170 g/mol. The van der Waals surface area contributed by atoms with Gasteiger partial charge < -0.3 is 4.90 Å². The van der Waals surface area contributed by atoms with E-state index in [9.17, 15) is 4.79 Å². The number of hydrogen-bond acceptors (Lipinski definition) is 4. The molecule has 0 radical (unpaired) electrons. The molecule has 1 heterocycles. The fourth-order valence-electron chi connectivity index (χ4n) is 0.920. The molecule has 0 bridgehead atoms. The Balaban J connectivity index is 2.48. The van der Waals surface area contributed by atoms with Crippen molar-refractivity contribution in [2.24, 2.45) is 0 Å². The number of carbonyl (C=O) groups excluding carboxylic acids is 1. The van der Waals surface area contributed by atoms with Crippen LogP contribution in [0.2, 0.25) is 0 Å². The van der Waals surface area contributed by atoms with Gasteiger partial charge in [0.05, 0.1) is 0 Å². The summed E-state index contributed by atoms with van der Waals surface area (Å²) in [5.41, 5.74) is 0. The predicted molar refractivity (Wildman–Crippen MR) is 46.0 cm³/mol. The van der Waals surface area contributed by atoms with Crippen LogP contribution >= 0.6 is 0 Å². The zero-order valence-electron chi connectivity index (χ0n) is 7.82. The molecule has 0 saturated heterocycles. The number of carbonyl (C=O) groups is 1. The highest BCUT2D eigenvalue weighted by Crippen LogP contribution is 1.96. The molecular formula is C7H13N5O. The highest BCUT2D eigenvalue weighted by Gasteiger charge is 2.14. The molecule has 6 heteroatoms. The largest absolute Gasteiger partial charge is 0.339 e. The van der Waals surface area contributed by atoms with Crippen molar-refractivity contribution in [3.8, 4) is 0 Å². The van der Waals surface area contributed by atoms with Crippen molar-refractivity contribution in [3.63, 3.8) is 0 Å². The summed E-state index contributed by atoms with van der Waals surface area (Å²) in [6.45, 7) is 2.80. The molecule has 0 aliphatic rings. The van der Waals surface area contributed by atoms with Gasteiger partial charge in [0.2, 0.25) is 0 Å². The van der Waals surface area contributed by atoms with Crippen LogP contribution < -0.4 is 0 Å². The van der Waals surface area contributed by atoms with Crippen LogP contribution in [0.25, 0.3) is 0 Å². The highest BCUT2D eigenvalue weighted by atomic mass is 16.2. The van der Waals surface area contributed by atoms with Gasteiger partial charge in [-0.2, -0.15) is 5.21 Å². The van der Waals surface area contributed by atoms with Gasteiger partial charge in [0.1, 0.15) is 0 Å². The summed E-state index contributed by atoms with van der Waals surface area (Å²) in [6, 6.07) is 0. The normalized spacial score (nSPS) is 10.0. The van der Waals surface area contributed by atoms with Gasteiger partial charge >= 0.3 is 0 Å². The number of nitrogens with zero attached hydrogens (tertiary/aromatic N) is 4. The van der Waals surface area contributed by atoms with Crippen molar-refractivity contribution in [2.75, 3.05) is 13.6 Å². The van der Waals surface area contributed by atoms with E-state index in [0.29, 0.717) is 0 Å². The molecule has 72 valence electrons. The van der Waals surface area contributed by atoms with E-state index in [1.165, 1.54) is 0 Å². The minimum Gasteiger partial charge on any atom is -0.339 e. The topological polar surface area (TPSA) is 74.8 Å². The lowest BCUT2D eigenvalue weighted by Gasteiger charge is -2.13. The van der Waals surface area contributed by atoms with Crippen LogP contribution in [0.1, 0.15) is 30.4 Å². The quantitative estimate of drug-likeness (QED) is 0.716. The van der Waals surface area contributed by atoms with Crippen LogP contribution in [-0.4, -0.2) is 45.0 Å². The Morgan fingerprint density at radius 1 is 1.62 bits per heavy atom. The molecule has 0 atom stereocenters. The lowest BCUT2D eigenvalue weighted by atomic mass is 10.3. The number of hydrogen-bond donors (Lipinski definition) is 1. The molecule has 1 rings (SSSR count). The maximum absolute atomic E-state index is 11.5. The number of rotatable bonds is 4. The van der Waals surface area contributed by atoms with Crippen LogP contribution in [0, 0.1) is 0 Å². The molecule has 0 aliphatic carbocycles. The first-order chi connectivity index (χ1) is 6.25. The predicted octanol–water partition coefficient (Wildman–Crippen LogP) is 0.0718. The lowest BCUT2D eigenvalue weighted by Crippen LogP contribution is -2.28. The monoisotopic (exact) mass is 183 g/mol. The fourth-order valence-corrected chi connectivity index (χ4v) is 0.920. The first-order valence-electron chi connectivity index (χ1n) is 4.24. The van der Waals surface area contributed by atoms with Crippen molar-refractivity contribution in [1.29, 1.82) is 0 Å². The molecule has 0 spiro atoms. The van der Waals surface area contributed by atoms with Crippen molar-refractivity contribution in [2.45, 2.75) is 19.8 Å². The number of tetrazole rings is 1. The SMILES string of the molecule is CCCCN(C)C(=O)c1nn[nH]n1. The van der Waals surface area contributed by atoms with Crippen LogP contribution in [0.5, 0.6) is 0 Å². The van der Waals surface area contributed by atoms with E-state index in [0.717, 1.165) is 19.4 Å². The molecule has 6 nitrogen and oxygen atoms in total. The number of amides is 1. The summed E-state index contributed by atoms with van der Waals surface area (Å²) in [5.74, 6) is -0.0687. The van der Waals surface area contributed by atoms with Crippen LogP contribution in [0.4, 0.5) is 0 Å². The second-order valence-electron chi connectivity index (χ2n) is 2.82. The third kappa shape index (κ3) is 2.50. The van der Waals surface area contributed by atoms with E-state index in [2.05, 4.69) is 27.5 Å². The Kier molecular flexibility index (Phi) is 3.36. The molecule has 1 amide bonds. The molecule has 1 N–H and O–H groups in total. The second-order valence-corrected chi connectivity index (χ2v) is 2.82. The maximum Gasteiger partial charge on any atom is 0.295 e. The number of aromatic amines is 1. The van der Waals surface area contributed by atoms with Crippen molar-refractivity contribution in [3.05, 3.63) is 5.82 Å². The third-order valence-electron chi connectivity index (χ3n) is 1.73. The van der Waals surface area contributed by atoms with E-state index in [1.807, 2.05) is 0 Å². The molecule has 0 unspecified atom stereocenters. The molecule has 0 aliphatic heterocycles. The van der Waals surface area contributed by atoms with Gasteiger partial charge in [-0.05, 0) is 11.6 Å². The summed E-state index contributed by atoms with van der Waals surface area (Å²) >= 11 is 0. The average molecular weight is 183 g/mol. The summed E-state index contributed by atoms with van der Waals surface area (Å²) in [4.78, 5) is 13.0. The van der Waals surface area contributed by atoms with Gasteiger partial charge in [-0.15, -0.1) is 10.2 Å². The molecule has 1 aromatic heterocycles. The lowest BCUT2D eigenvalue weighted by molar-refractivity contribution is 0.0781. The maximum atomic E-state index is 11.5. The first-order valence-corrected chi connectivity index (χ1v) is 4.24. The molecule has 0 fully saturated rings. The van der Waals surface area contributed by atoms with Gasteiger partial charge in [-0.1, -0.05) is 13.3 Å². The highest BCUT2D eigenvalue weighted by molar-refractivity contribution is 5.89. The van der Waals surface area contributed by atoms with Crippen molar-refractivity contribution in [1.82, 2.24) is 25.5 Å².